The molecule has 0 heterocycles. The van der Waals surface area contributed by atoms with E-state index in [0.29, 0.717) is 6.42 Å². The van der Waals surface area contributed by atoms with Gasteiger partial charge in [-0.3, -0.25) is 13.9 Å². The molecule has 2 aromatic rings. The number of sulfonamides is 1. The molecular weight excluding hydrogens is 481 g/mol. The van der Waals surface area contributed by atoms with E-state index in [2.05, 4.69) is 5.32 Å². The Bertz CT molecular complexity index is 1140. The quantitative estimate of drug-likeness (QED) is 0.524. The molecule has 0 saturated carbocycles. The highest BCUT2D eigenvalue weighted by molar-refractivity contribution is 7.92. The van der Waals surface area contributed by atoms with Crippen LogP contribution in [0.15, 0.2) is 42.5 Å². The van der Waals surface area contributed by atoms with Gasteiger partial charge in [-0.1, -0.05) is 42.8 Å². The number of aryl methyl sites for hydroxylation is 1. The smallest absolute Gasteiger partial charge is 0.244 e. The Morgan fingerprint density at radius 3 is 2.32 bits per heavy atom. The van der Waals surface area contributed by atoms with E-state index in [-0.39, 0.29) is 29.2 Å². The molecule has 0 aliphatic rings. The average Bonchev–Trinajstić information content (AvgIpc) is 2.73. The van der Waals surface area contributed by atoms with Gasteiger partial charge in [0.15, 0.2) is 0 Å². The summed E-state index contributed by atoms with van der Waals surface area (Å²) < 4.78 is 39.6. The number of anilines is 1. The lowest BCUT2D eigenvalue weighted by Gasteiger charge is -2.33. The number of nitrogens with one attached hydrogen (secondary N) is 1. The maximum Gasteiger partial charge on any atom is 0.244 e. The van der Waals surface area contributed by atoms with Crippen LogP contribution in [0.4, 0.5) is 10.1 Å². The standard InChI is InChI=1S/C24H31ClFN3O4S/c1-6-22(24(31)27-16(2)3)28(14-18-10-8-7-9-17(18)4)23(30)15-29(34(5,32)33)19-11-12-21(26)20(25)13-19/h7-13,16,22H,6,14-15H2,1-5H3,(H,27,31)/t22-/m0/s1. The van der Waals surface area contributed by atoms with Crippen molar-refractivity contribution in [2.24, 2.45) is 0 Å². The molecule has 2 rings (SSSR count). The Morgan fingerprint density at radius 1 is 1.15 bits per heavy atom. The highest BCUT2D eigenvalue weighted by Gasteiger charge is 2.32. The summed E-state index contributed by atoms with van der Waals surface area (Å²) in [5, 5.41) is 2.57. The summed E-state index contributed by atoms with van der Waals surface area (Å²) in [7, 11) is -3.92. The third-order valence-corrected chi connectivity index (χ3v) is 6.72. The number of carbonyl (C=O) groups excluding carboxylic acids is 2. The van der Waals surface area contributed by atoms with Crippen LogP contribution in [0.2, 0.25) is 5.02 Å². The third-order valence-electron chi connectivity index (χ3n) is 5.29. The number of hydrogen-bond acceptors (Lipinski definition) is 4. The van der Waals surface area contributed by atoms with Crippen molar-refractivity contribution < 1.29 is 22.4 Å². The van der Waals surface area contributed by atoms with Gasteiger partial charge in [0.05, 0.1) is 17.0 Å². The monoisotopic (exact) mass is 511 g/mol. The van der Waals surface area contributed by atoms with Gasteiger partial charge in [-0.05, 0) is 56.5 Å². The van der Waals surface area contributed by atoms with Crippen molar-refractivity contribution in [3.63, 3.8) is 0 Å². The second-order valence-electron chi connectivity index (χ2n) is 8.40. The molecule has 7 nitrogen and oxygen atoms in total. The second-order valence-corrected chi connectivity index (χ2v) is 10.7. The molecule has 0 aliphatic heterocycles. The number of nitrogens with zero attached hydrogens (tertiary/aromatic N) is 2. The molecule has 0 aliphatic carbocycles. The summed E-state index contributed by atoms with van der Waals surface area (Å²) in [6.07, 6.45) is 1.28. The number of amides is 2. The van der Waals surface area contributed by atoms with Crippen molar-refractivity contribution in [2.45, 2.75) is 52.7 Å². The van der Waals surface area contributed by atoms with Crippen molar-refractivity contribution in [3.8, 4) is 0 Å². The van der Waals surface area contributed by atoms with E-state index in [1.165, 1.54) is 11.0 Å². The molecule has 2 amide bonds. The molecule has 1 N–H and O–H groups in total. The molecule has 0 bridgehead atoms. The molecule has 0 spiro atoms. The summed E-state index contributed by atoms with van der Waals surface area (Å²) >= 11 is 5.85. The minimum absolute atomic E-state index is 0.0535. The lowest BCUT2D eigenvalue weighted by Crippen LogP contribution is -2.53. The molecule has 2 aromatic carbocycles. The summed E-state index contributed by atoms with van der Waals surface area (Å²) in [6, 6.07) is 9.95. The number of hydrogen-bond donors (Lipinski definition) is 1. The van der Waals surface area contributed by atoms with Crippen molar-refractivity contribution >= 4 is 39.1 Å². The van der Waals surface area contributed by atoms with E-state index in [1.807, 2.05) is 45.0 Å². The lowest BCUT2D eigenvalue weighted by atomic mass is 10.1. The number of benzene rings is 2. The second kappa shape index (κ2) is 11.7. The van der Waals surface area contributed by atoms with Crippen LogP contribution in [0.5, 0.6) is 0 Å². The van der Waals surface area contributed by atoms with E-state index in [0.717, 1.165) is 33.8 Å². The van der Waals surface area contributed by atoms with Gasteiger partial charge in [-0.15, -0.1) is 0 Å². The van der Waals surface area contributed by atoms with Crippen LogP contribution >= 0.6 is 11.6 Å². The Morgan fingerprint density at radius 2 is 1.79 bits per heavy atom. The third kappa shape index (κ3) is 7.17. The highest BCUT2D eigenvalue weighted by Crippen LogP contribution is 2.25. The first-order valence-corrected chi connectivity index (χ1v) is 13.1. The van der Waals surface area contributed by atoms with E-state index < -0.39 is 34.3 Å². The summed E-state index contributed by atoms with van der Waals surface area (Å²) in [4.78, 5) is 27.9. The first-order chi connectivity index (χ1) is 15.8. The van der Waals surface area contributed by atoms with Crippen LogP contribution in [0, 0.1) is 12.7 Å². The predicted molar refractivity (Wildman–Crippen MR) is 133 cm³/mol. The fraction of sp³-hybridized carbons (Fsp3) is 0.417. The van der Waals surface area contributed by atoms with Crippen molar-refractivity contribution in [3.05, 3.63) is 64.4 Å². The largest absolute Gasteiger partial charge is 0.352 e. The lowest BCUT2D eigenvalue weighted by molar-refractivity contribution is -0.140. The van der Waals surface area contributed by atoms with Gasteiger partial charge in [-0.25, -0.2) is 12.8 Å². The molecule has 186 valence electrons. The maximum absolute atomic E-state index is 13.7. The highest BCUT2D eigenvalue weighted by atomic mass is 35.5. The van der Waals surface area contributed by atoms with Gasteiger partial charge < -0.3 is 10.2 Å². The number of carbonyl (C=O) groups is 2. The molecule has 0 saturated heterocycles. The molecule has 10 heteroatoms. The first kappa shape index (κ1) is 27.6. The van der Waals surface area contributed by atoms with Crippen LogP contribution in [0.3, 0.4) is 0 Å². The number of halogens is 2. The summed E-state index contributed by atoms with van der Waals surface area (Å²) in [6.45, 7) is 6.88. The van der Waals surface area contributed by atoms with E-state index in [9.17, 15) is 22.4 Å². The van der Waals surface area contributed by atoms with Gasteiger partial charge in [-0.2, -0.15) is 0 Å². The Hall–Kier alpha value is -2.65. The van der Waals surface area contributed by atoms with Crippen molar-refractivity contribution in [1.82, 2.24) is 10.2 Å². The van der Waals surface area contributed by atoms with Crippen LogP contribution in [0.25, 0.3) is 0 Å². The van der Waals surface area contributed by atoms with Gasteiger partial charge in [0.2, 0.25) is 21.8 Å². The fourth-order valence-corrected chi connectivity index (χ4v) is 4.54. The minimum Gasteiger partial charge on any atom is -0.352 e. The predicted octanol–water partition coefficient (Wildman–Crippen LogP) is 3.89. The molecule has 0 unspecified atom stereocenters. The fourth-order valence-electron chi connectivity index (χ4n) is 3.53. The zero-order chi connectivity index (χ0) is 25.6. The SMILES string of the molecule is CC[C@@H](C(=O)NC(C)C)N(Cc1ccccc1C)C(=O)CN(c1ccc(F)c(Cl)c1)S(C)(=O)=O. The van der Waals surface area contributed by atoms with Crippen molar-refractivity contribution in [2.75, 3.05) is 17.1 Å². The molecule has 34 heavy (non-hydrogen) atoms. The zero-order valence-electron chi connectivity index (χ0n) is 20.0. The Kier molecular flexibility index (Phi) is 9.46. The van der Waals surface area contributed by atoms with Crippen LogP contribution in [-0.4, -0.2) is 50.0 Å². The molecule has 0 fully saturated rings. The normalized spacial score (nSPS) is 12.4. The van der Waals surface area contributed by atoms with Crippen LogP contribution in [-0.2, 0) is 26.2 Å². The van der Waals surface area contributed by atoms with Crippen LogP contribution < -0.4 is 9.62 Å². The minimum atomic E-state index is -3.92. The molecule has 0 radical (unpaired) electrons. The molecule has 1 atom stereocenters. The number of rotatable bonds is 10. The van der Waals surface area contributed by atoms with Crippen LogP contribution in [0.1, 0.15) is 38.3 Å². The summed E-state index contributed by atoms with van der Waals surface area (Å²) in [5.74, 6) is -1.60. The van der Waals surface area contributed by atoms with E-state index in [1.54, 1.807) is 6.92 Å². The van der Waals surface area contributed by atoms with Crippen molar-refractivity contribution in [1.29, 1.82) is 0 Å². The van der Waals surface area contributed by atoms with E-state index in [4.69, 9.17) is 11.6 Å². The van der Waals surface area contributed by atoms with Gasteiger partial charge >= 0.3 is 0 Å². The summed E-state index contributed by atoms with van der Waals surface area (Å²) in [5.41, 5.74) is 1.82. The van der Waals surface area contributed by atoms with Gasteiger partial charge in [0.1, 0.15) is 18.4 Å². The van der Waals surface area contributed by atoms with E-state index >= 15 is 0 Å². The van der Waals surface area contributed by atoms with Gasteiger partial charge in [0, 0.05) is 12.6 Å². The maximum atomic E-state index is 13.7. The molecular formula is C24H31ClFN3O4S. The molecule has 0 aromatic heterocycles. The Labute approximate surface area is 205 Å². The van der Waals surface area contributed by atoms with Gasteiger partial charge in [0.25, 0.3) is 0 Å². The average molecular weight is 512 g/mol. The zero-order valence-corrected chi connectivity index (χ0v) is 21.6. The Balaban J connectivity index is 2.48. The topological polar surface area (TPSA) is 86.8 Å². The first-order valence-electron chi connectivity index (χ1n) is 10.9.